The van der Waals surface area contributed by atoms with E-state index in [0.29, 0.717) is 36.7 Å². The van der Waals surface area contributed by atoms with Gasteiger partial charge in [-0.2, -0.15) is 0 Å². The van der Waals surface area contributed by atoms with Crippen molar-refractivity contribution in [2.75, 3.05) is 57.8 Å². The van der Waals surface area contributed by atoms with Gasteiger partial charge in [0.25, 0.3) is 0 Å². The van der Waals surface area contributed by atoms with Crippen molar-refractivity contribution in [1.29, 1.82) is 0 Å². The summed E-state index contributed by atoms with van der Waals surface area (Å²) >= 11 is 0. The van der Waals surface area contributed by atoms with Crippen LogP contribution in [0.15, 0.2) is 18.2 Å². The Bertz CT molecular complexity index is 879. The minimum atomic E-state index is -0.203. The Hall–Kier alpha value is -2.09. The third-order valence-electron chi connectivity index (χ3n) is 6.34. The Morgan fingerprint density at radius 3 is 2.55 bits per heavy atom. The number of halogens is 1. The van der Waals surface area contributed by atoms with E-state index in [2.05, 4.69) is 20.1 Å². The van der Waals surface area contributed by atoms with Gasteiger partial charge in [0.1, 0.15) is 11.6 Å². The summed E-state index contributed by atoms with van der Waals surface area (Å²) in [7, 11) is 0. The van der Waals surface area contributed by atoms with Crippen molar-refractivity contribution >= 4 is 5.82 Å². The number of rotatable bonds is 8. The van der Waals surface area contributed by atoms with Crippen LogP contribution in [0.25, 0.3) is 11.4 Å². The van der Waals surface area contributed by atoms with E-state index >= 15 is 0 Å². The monoisotopic (exact) mass is 427 g/mol. The van der Waals surface area contributed by atoms with E-state index in [1.54, 1.807) is 6.07 Å². The summed E-state index contributed by atoms with van der Waals surface area (Å²) in [6.45, 7) is 12.2. The highest BCUT2D eigenvalue weighted by Crippen LogP contribution is 2.24. The molecule has 1 N–H and O–H groups in total. The highest BCUT2D eigenvalue weighted by atomic mass is 19.1. The van der Waals surface area contributed by atoms with Crippen LogP contribution in [0.3, 0.4) is 0 Å². The SMILES string of the molecule is Cc1nc(-c2ccc(CN3CCOCC3)c(F)c2)nc(NCCCN2CCCC2)c1C. The molecule has 0 saturated carbocycles. The molecule has 2 saturated heterocycles. The number of anilines is 1. The summed E-state index contributed by atoms with van der Waals surface area (Å²) in [5, 5.41) is 3.48. The van der Waals surface area contributed by atoms with E-state index in [1.807, 2.05) is 26.0 Å². The van der Waals surface area contributed by atoms with Gasteiger partial charge >= 0.3 is 0 Å². The molecule has 2 aliphatic rings. The second-order valence-corrected chi connectivity index (χ2v) is 8.63. The largest absolute Gasteiger partial charge is 0.379 e. The van der Waals surface area contributed by atoms with E-state index in [0.717, 1.165) is 49.7 Å². The molecule has 31 heavy (non-hydrogen) atoms. The number of hydrogen-bond acceptors (Lipinski definition) is 6. The van der Waals surface area contributed by atoms with Crippen LogP contribution in [0.4, 0.5) is 10.2 Å². The molecule has 2 aliphatic heterocycles. The molecule has 2 fully saturated rings. The first-order valence-corrected chi connectivity index (χ1v) is 11.5. The number of ether oxygens (including phenoxy) is 1. The van der Waals surface area contributed by atoms with Crippen molar-refractivity contribution in [3.8, 4) is 11.4 Å². The van der Waals surface area contributed by atoms with Crippen LogP contribution < -0.4 is 5.32 Å². The summed E-state index contributed by atoms with van der Waals surface area (Å²) < 4.78 is 20.2. The molecule has 0 atom stereocenters. The fourth-order valence-corrected chi connectivity index (χ4v) is 4.26. The van der Waals surface area contributed by atoms with Gasteiger partial charge in [-0.15, -0.1) is 0 Å². The zero-order chi connectivity index (χ0) is 21.6. The first kappa shape index (κ1) is 22.1. The van der Waals surface area contributed by atoms with Crippen molar-refractivity contribution in [1.82, 2.24) is 19.8 Å². The lowest BCUT2D eigenvalue weighted by Crippen LogP contribution is -2.35. The zero-order valence-electron chi connectivity index (χ0n) is 18.8. The van der Waals surface area contributed by atoms with E-state index in [9.17, 15) is 4.39 Å². The highest BCUT2D eigenvalue weighted by Gasteiger charge is 2.16. The normalized spacial score (nSPS) is 17.9. The van der Waals surface area contributed by atoms with Crippen molar-refractivity contribution in [3.63, 3.8) is 0 Å². The maximum Gasteiger partial charge on any atom is 0.161 e. The van der Waals surface area contributed by atoms with Crippen molar-refractivity contribution < 1.29 is 9.13 Å². The quantitative estimate of drug-likeness (QED) is 0.650. The van der Waals surface area contributed by atoms with E-state index in [1.165, 1.54) is 25.9 Å². The summed E-state index contributed by atoms with van der Waals surface area (Å²) in [6.07, 6.45) is 3.73. The third-order valence-corrected chi connectivity index (χ3v) is 6.34. The number of aromatic nitrogens is 2. The Morgan fingerprint density at radius 1 is 1.03 bits per heavy atom. The summed E-state index contributed by atoms with van der Waals surface area (Å²) in [6, 6.07) is 5.36. The molecular weight excluding hydrogens is 393 g/mol. The van der Waals surface area contributed by atoms with Crippen molar-refractivity contribution in [2.45, 2.75) is 39.7 Å². The Kier molecular flexibility index (Phi) is 7.48. The molecule has 7 heteroatoms. The molecule has 0 spiro atoms. The lowest BCUT2D eigenvalue weighted by molar-refractivity contribution is 0.0337. The zero-order valence-corrected chi connectivity index (χ0v) is 18.8. The van der Waals surface area contributed by atoms with Gasteiger partial charge in [-0.1, -0.05) is 12.1 Å². The van der Waals surface area contributed by atoms with Crippen LogP contribution >= 0.6 is 0 Å². The molecule has 6 nitrogen and oxygen atoms in total. The van der Waals surface area contributed by atoms with Gasteiger partial charge in [-0.25, -0.2) is 14.4 Å². The van der Waals surface area contributed by atoms with Gasteiger partial charge in [0.2, 0.25) is 0 Å². The molecule has 0 radical (unpaired) electrons. The molecule has 168 valence electrons. The van der Waals surface area contributed by atoms with Crippen molar-refractivity contribution in [3.05, 3.63) is 40.8 Å². The average molecular weight is 428 g/mol. The molecule has 1 aromatic carbocycles. The summed E-state index contributed by atoms with van der Waals surface area (Å²) in [4.78, 5) is 14.1. The lowest BCUT2D eigenvalue weighted by atomic mass is 10.1. The van der Waals surface area contributed by atoms with E-state index < -0.39 is 0 Å². The number of benzene rings is 1. The third kappa shape index (κ3) is 5.79. The van der Waals surface area contributed by atoms with Crippen LogP contribution in [0, 0.1) is 19.7 Å². The minimum Gasteiger partial charge on any atom is -0.379 e. The minimum absolute atomic E-state index is 0.203. The maximum atomic E-state index is 14.8. The Balaban J connectivity index is 1.42. The highest BCUT2D eigenvalue weighted by molar-refractivity contribution is 5.60. The number of likely N-dealkylation sites (tertiary alicyclic amines) is 1. The van der Waals surface area contributed by atoms with Crippen LogP contribution in [0.5, 0.6) is 0 Å². The number of nitrogens with one attached hydrogen (secondary N) is 1. The fourth-order valence-electron chi connectivity index (χ4n) is 4.26. The lowest BCUT2D eigenvalue weighted by Gasteiger charge is -2.26. The first-order chi connectivity index (χ1) is 15.1. The number of aryl methyl sites for hydroxylation is 1. The van der Waals surface area contributed by atoms with Crippen LogP contribution in [-0.2, 0) is 11.3 Å². The Labute approximate surface area is 184 Å². The molecule has 0 bridgehead atoms. The predicted octanol–water partition coefficient (Wildman–Crippen LogP) is 3.63. The van der Waals surface area contributed by atoms with Crippen LogP contribution in [0.1, 0.15) is 36.1 Å². The number of nitrogens with zero attached hydrogens (tertiary/aromatic N) is 4. The fraction of sp³-hybridized carbons (Fsp3) is 0.583. The number of morpholine rings is 1. The van der Waals surface area contributed by atoms with Gasteiger partial charge in [-0.3, -0.25) is 4.90 Å². The molecule has 0 unspecified atom stereocenters. The van der Waals surface area contributed by atoms with Gasteiger partial charge in [-0.05, 0) is 58.8 Å². The van der Waals surface area contributed by atoms with Gasteiger partial charge in [0.15, 0.2) is 5.82 Å². The first-order valence-electron chi connectivity index (χ1n) is 11.5. The summed E-state index contributed by atoms with van der Waals surface area (Å²) in [5.41, 5.74) is 3.39. The smallest absolute Gasteiger partial charge is 0.161 e. The van der Waals surface area contributed by atoms with Crippen LogP contribution in [0.2, 0.25) is 0 Å². The number of hydrogen-bond donors (Lipinski definition) is 1. The summed E-state index contributed by atoms with van der Waals surface area (Å²) in [5.74, 6) is 1.22. The second-order valence-electron chi connectivity index (χ2n) is 8.63. The van der Waals surface area contributed by atoms with Gasteiger partial charge in [0, 0.05) is 48.6 Å². The Morgan fingerprint density at radius 2 is 1.81 bits per heavy atom. The molecule has 1 aromatic heterocycles. The second kappa shape index (κ2) is 10.5. The molecule has 2 aromatic rings. The molecule has 0 amide bonds. The topological polar surface area (TPSA) is 53.5 Å². The van der Waals surface area contributed by atoms with E-state index in [-0.39, 0.29) is 5.82 Å². The molecule has 3 heterocycles. The standard InChI is InChI=1S/C24H34FN5O/c1-18-19(2)27-24(28-23(18)26-8-5-11-29-9-3-4-10-29)20-6-7-21(22(25)16-20)17-30-12-14-31-15-13-30/h6-7,16H,3-5,8-15,17H2,1-2H3,(H,26,27,28). The predicted molar refractivity (Wildman–Crippen MR) is 122 cm³/mol. The van der Waals surface area contributed by atoms with Gasteiger partial charge in [0.05, 0.1) is 13.2 Å². The molecule has 0 aliphatic carbocycles. The van der Waals surface area contributed by atoms with Crippen molar-refractivity contribution in [2.24, 2.45) is 0 Å². The maximum absolute atomic E-state index is 14.8. The van der Waals surface area contributed by atoms with Crippen LogP contribution in [-0.4, -0.2) is 72.3 Å². The van der Waals surface area contributed by atoms with Gasteiger partial charge < -0.3 is 15.0 Å². The molecule has 4 rings (SSSR count). The van der Waals surface area contributed by atoms with E-state index in [4.69, 9.17) is 9.72 Å². The average Bonchev–Trinajstić information content (AvgIpc) is 3.29. The molecular formula is C24H34FN5O.